The first-order valence-corrected chi connectivity index (χ1v) is 8.91. The van der Waals surface area contributed by atoms with Crippen LogP contribution in [0.5, 0.6) is 0 Å². The van der Waals surface area contributed by atoms with E-state index in [1.54, 1.807) is 35.6 Å². The number of thiazole rings is 1. The van der Waals surface area contributed by atoms with Crippen LogP contribution in [0, 0.1) is 0 Å². The van der Waals surface area contributed by atoms with Gasteiger partial charge in [0.1, 0.15) is 5.01 Å². The van der Waals surface area contributed by atoms with Gasteiger partial charge in [-0.1, -0.05) is 36.4 Å². The van der Waals surface area contributed by atoms with E-state index in [0.29, 0.717) is 11.3 Å². The Bertz CT molecular complexity index is 829. The highest BCUT2D eigenvalue weighted by atomic mass is 32.1. The van der Waals surface area contributed by atoms with E-state index in [9.17, 15) is 9.59 Å². The molecule has 1 amide bonds. The molecule has 1 aromatic carbocycles. The Morgan fingerprint density at radius 2 is 1.92 bits per heavy atom. The molecule has 5 nitrogen and oxygen atoms in total. The lowest BCUT2D eigenvalue weighted by molar-refractivity contribution is -0.154. The van der Waals surface area contributed by atoms with Crippen molar-refractivity contribution in [1.82, 2.24) is 4.98 Å². The molecular weight excluding hydrogens is 344 g/mol. The minimum atomic E-state index is -1.09. The van der Waals surface area contributed by atoms with Crippen LogP contribution in [0.15, 0.2) is 53.2 Å². The van der Waals surface area contributed by atoms with E-state index in [0.717, 1.165) is 9.88 Å². The molecule has 2 heterocycles. The van der Waals surface area contributed by atoms with Crippen molar-refractivity contribution in [2.75, 3.05) is 0 Å². The van der Waals surface area contributed by atoms with E-state index in [-0.39, 0.29) is 6.42 Å². The molecular formula is C17H14N2O3S2. The van der Waals surface area contributed by atoms with Crippen molar-refractivity contribution in [2.24, 2.45) is 5.73 Å². The Morgan fingerprint density at radius 3 is 2.58 bits per heavy atom. The predicted molar refractivity (Wildman–Crippen MR) is 93.6 cm³/mol. The van der Waals surface area contributed by atoms with Crippen LogP contribution in [0.3, 0.4) is 0 Å². The predicted octanol–water partition coefficient (Wildman–Crippen LogP) is 3.18. The van der Waals surface area contributed by atoms with Gasteiger partial charge >= 0.3 is 5.97 Å². The van der Waals surface area contributed by atoms with Gasteiger partial charge in [0.15, 0.2) is 0 Å². The van der Waals surface area contributed by atoms with Crippen molar-refractivity contribution >= 4 is 34.6 Å². The van der Waals surface area contributed by atoms with E-state index in [2.05, 4.69) is 4.98 Å². The molecule has 7 heteroatoms. The summed E-state index contributed by atoms with van der Waals surface area (Å²) < 4.78 is 5.26. The van der Waals surface area contributed by atoms with Gasteiger partial charge in [0.25, 0.3) is 5.91 Å². The monoisotopic (exact) mass is 358 g/mol. The molecule has 3 aromatic rings. The van der Waals surface area contributed by atoms with Crippen molar-refractivity contribution in [3.8, 4) is 9.88 Å². The molecule has 0 saturated carbocycles. The highest BCUT2D eigenvalue weighted by molar-refractivity contribution is 7.20. The summed E-state index contributed by atoms with van der Waals surface area (Å²) in [5.74, 6) is -1.24. The Morgan fingerprint density at radius 1 is 1.12 bits per heavy atom. The third kappa shape index (κ3) is 3.87. The van der Waals surface area contributed by atoms with Gasteiger partial charge in [-0.15, -0.1) is 22.7 Å². The van der Waals surface area contributed by atoms with Crippen molar-refractivity contribution in [3.63, 3.8) is 0 Å². The summed E-state index contributed by atoms with van der Waals surface area (Å²) >= 11 is 3.06. The van der Waals surface area contributed by atoms with Crippen molar-refractivity contribution in [3.05, 3.63) is 64.5 Å². The maximum Gasteiger partial charge on any atom is 0.313 e. The van der Waals surface area contributed by atoms with Crippen LogP contribution < -0.4 is 5.73 Å². The molecule has 2 aromatic heterocycles. The van der Waals surface area contributed by atoms with Crippen molar-refractivity contribution in [1.29, 1.82) is 0 Å². The van der Waals surface area contributed by atoms with E-state index in [1.807, 2.05) is 29.0 Å². The second-order valence-electron chi connectivity index (χ2n) is 4.98. The summed E-state index contributed by atoms with van der Waals surface area (Å²) in [5.41, 5.74) is 6.52. The molecule has 24 heavy (non-hydrogen) atoms. The zero-order valence-corrected chi connectivity index (χ0v) is 14.2. The van der Waals surface area contributed by atoms with E-state index < -0.39 is 18.0 Å². The highest BCUT2D eigenvalue weighted by Gasteiger charge is 2.23. The highest BCUT2D eigenvalue weighted by Crippen LogP contribution is 2.28. The molecule has 2 N–H and O–H groups in total. The SMILES string of the molecule is NC(=O)C(OC(=O)Cc1csc(-c2cccs2)n1)c1ccccc1. The summed E-state index contributed by atoms with van der Waals surface area (Å²) in [6.07, 6.45) is -1.09. The third-order valence-electron chi connectivity index (χ3n) is 3.22. The first kappa shape index (κ1) is 16.4. The fourth-order valence-electron chi connectivity index (χ4n) is 2.14. The Hall–Kier alpha value is -2.51. The summed E-state index contributed by atoms with van der Waals surface area (Å²) in [5, 5.41) is 4.66. The number of aromatic nitrogens is 1. The van der Waals surface area contributed by atoms with Gasteiger partial charge < -0.3 is 10.5 Å². The standard InChI is InChI=1S/C17H14N2O3S2/c18-16(21)15(11-5-2-1-3-6-11)22-14(20)9-12-10-24-17(19-12)13-7-4-8-23-13/h1-8,10,15H,9H2,(H2,18,21). The van der Waals surface area contributed by atoms with E-state index in [1.165, 1.54) is 11.3 Å². The Kier molecular flexibility index (Phi) is 5.02. The van der Waals surface area contributed by atoms with Gasteiger partial charge in [0, 0.05) is 10.9 Å². The Labute approximate surface area is 146 Å². The maximum absolute atomic E-state index is 12.1. The normalized spacial score (nSPS) is 11.8. The number of nitrogens with two attached hydrogens (primary N) is 1. The number of rotatable bonds is 6. The van der Waals surface area contributed by atoms with Gasteiger partial charge in [-0.3, -0.25) is 9.59 Å². The molecule has 0 fully saturated rings. The minimum Gasteiger partial charge on any atom is -0.447 e. The summed E-state index contributed by atoms with van der Waals surface area (Å²) in [7, 11) is 0. The molecule has 1 atom stereocenters. The smallest absolute Gasteiger partial charge is 0.313 e. The molecule has 0 spiro atoms. The molecule has 0 aliphatic heterocycles. The van der Waals surface area contributed by atoms with Gasteiger partial charge in [0.05, 0.1) is 17.0 Å². The second-order valence-corrected chi connectivity index (χ2v) is 6.79. The van der Waals surface area contributed by atoms with Gasteiger partial charge in [-0.05, 0) is 11.4 Å². The quantitative estimate of drug-likeness (QED) is 0.686. The average molecular weight is 358 g/mol. The molecule has 3 rings (SSSR count). The lowest BCUT2D eigenvalue weighted by Crippen LogP contribution is -2.26. The number of benzene rings is 1. The molecule has 0 saturated heterocycles. The van der Waals surface area contributed by atoms with Gasteiger partial charge in [-0.25, -0.2) is 4.98 Å². The zero-order valence-electron chi connectivity index (χ0n) is 12.5. The number of esters is 1. The first-order chi connectivity index (χ1) is 11.6. The number of hydrogen-bond acceptors (Lipinski definition) is 6. The van der Waals surface area contributed by atoms with Crippen molar-refractivity contribution in [2.45, 2.75) is 12.5 Å². The lowest BCUT2D eigenvalue weighted by atomic mass is 10.1. The number of carbonyl (C=O) groups is 2. The van der Waals surface area contributed by atoms with E-state index >= 15 is 0 Å². The van der Waals surface area contributed by atoms with Crippen LogP contribution in [0.4, 0.5) is 0 Å². The molecule has 0 aliphatic rings. The van der Waals surface area contributed by atoms with Crippen LogP contribution in [0.2, 0.25) is 0 Å². The number of primary amides is 1. The van der Waals surface area contributed by atoms with Crippen LogP contribution in [0.1, 0.15) is 17.4 Å². The fourth-order valence-corrected chi connectivity index (χ4v) is 3.77. The molecule has 1 unspecified atom stereocenters. The lowest BCUT2D eigenvalue weighted by Gasteiger charge is -2.14. The van der Waals surface area contributed by atoms with Crippen LogP contribution >= 0.6 is 22.7 Å². The molecule has 0 aliphatic carbocycles. The number of amides is 1. The van der Waals surface area contributed by atoms with Crippen LogP contribution in [0.25, 0.3) is 9.88 Å². The number of thiophene rings is 1. The first-order valence-electron chi connectivity index (χ1n) is 7.15. The average Bonchev–Trinajstić information content (AvgIpc) is 3.24. The molecule has 0 radical (unpaired) electrons. The maximum atomic E-state index is 12.1. The van der Waals surface area contributed by atoms with Gasteiger partial charge in [-0.2, -0.15) is 0 Å². The molecule has 122 valence electrons. The number of ether oxygens (including phenoxy) is 1. The van der Waals surface area contributed by atoms with Gasteiger partial charge in [0.2, 0.25) is 6.10 Å². The fraction of sp³-hybridized carbons (Fsp3) is 0.118. The minimum absolute atomic E-state index is 0.00150. The summed E-state index contributed by atoms with van der Waals surface area (Å²) in [4.78, 5) is 29.2. The van der Waals surface area contributed by atoms with Crippen LogP contribution in [-0.2, 0) is 20.7 Å². The number of hydrogen-bond donors (Lipinski definition) is 1. The van der Waals surface area contributed by atoms with E-state index in [4.69, 9.17) is 10.5 Å². The Balaban J connectivity index is 1.67. The molecule has 0 bridgehead atoms. The summed E-state index contributed by atoms with van der Waals surface area (Å²) in [6, 6.07) is 12.6. The number of nitrogens with zero attached hydrogens (tertiary/aromatic N) is 1. The zero-order chi connectivity index (χ0) is 16.9. The third-order valence-corrected chi connectivity index (χ3v) is 5.15. The van der Waals surface area contributed by atoms with Crippen LogP contribution in [-0.4, -0.2) is 16.9 Å². The summed E-state index contributed by atoms with van der Waals surface area (Å²) in [6.45, 7) is 0. The second kappa shape index (κ2) is 7.37. The van der Waals surface area contributed by atoms with Crippen molar-refractivity contribution < 1.29 is 14.3 Å². The largest absolute Gasteiger partial charge is 0.447 e. The number of carbonyl (C=O) groups excluding carboxylic acids is 2. The topological polar surface area (TPSA) is 82.3 Å².